The smallest absolute Gasteiger partial charge is 0.295 e. The minimum absolute atomic E-state index is 0.109. The first-order chi connectivity index (χ1) is 14.5. The Bertz CT molecular complexity index is 918. The molecule has 0 aliphatic carbocycles. The standard InChI is InChI=1S/C24H28N2O4/c1-4-25(5-2)19-13-11-17(12-14-19)21-20(22(27)18-9-7-6-8-10-18)23(28)24(29)26(21)15-16-30-3/h6-14,21,27H,4-5,15-16H2,1-3H3/b22-20-. The molecular weight excluding hydrogens is 380 g/mol. The average Bonchev–Trinajstić information content (AvgIpc) is 3.04. The lowest BCUT2D eigenvalue weighted by Gasteiger charge is -2.26. The summed E-state index contributed by atoms with van der Waals surface area (Å²) in [5, 5.41) is 10.9. The Balaban J connectivity index is 2.09. The van der Waals surface area contributed by atoms with Gasteiger partial charge >= 0.3 is 0 Å². The summed E-state index contributed by atoms with van der Waals surface area (Å²) in [4.78, 5) is 29.4. The van der Waals surface area contributed by atoms with E-state index >= 15 is 0 Å². The molecule has 0 spiro atoms. The molecule has 0 radical (unpaired) electrons. The molecule has 1 atom stereocenters. The Morgan fingerprint density at radius 1 is 1.03 bits per heavy atom. The van der Waals surface area contributed by atoms with Crippen LogP contribution in [0.15, 0.2) is 60.2 Å². The molecule has 6 nitrogen and oxygen atoms in total. The van der Waals surface area contributed by atoms with Gasteiger partial charge in [-0.15, -0.1) is 0 Å². The van der Waals surface area contributed by atoms with Crippen molar-refractivity contribution in [2.24, 2.45) is 0 Å². The first-order valence-electron chi connectivity index (χ1n) is 10.2. The summed E-state index contributed by atoms with van der Waals surface area (Å²) in [6.07, 6.45) is 0. The van der Waals surface area contributed by atoms with Gasteiger partial charge in [0.25, 0.3) is 11.7 Å². The van der Waals surface area contributed by atoms with Gasteiger partial charge in [-0.2, -0.15) is 0 Å². The normalized spacial score (nSPS) is 18.1. The Labute approximate surface area is 177 Å². The van der Waals surface area contributed by atoms with E-state index in [4.69, 9.17) is 4.74 Å². The highest BCUT2D eigenvalue weighted by molar-refractivity contribution is 6.46. The molecule has 6 heteroatoms. The maximum Gasteiger partial charge on any atom is 0.295 e. The molecule has 2 aromatic rings. The molecule has 1 aliphatic rings. The fourth-order valence-corrected chi connectivity index (χ4v) is 3.85. The van der Waals surface area contributed by atoms with Crippen LogP contribution in [0.2, 0.25) is 0 Å². The van der Waals surface area contributed by atoms with Crippen LogP contribution in [0.5, 0.6) is 0 Å². The lowest BCUT2D eigenvalue weighted by molar-refractivity contribution is -0.140. The van der Waals surface area contributed by atoms with Gasteiger partial charge in [0.1, 0.15) is 5.76 Å². The Hall–Kier alpha value is -3.12. The van der Waals surface area contributed by atoms with Crippen molar-refractivity contribution in [1.29, 1.82) is 0 Å². The number of likely N-dealkylation sites (tertiary alicyclic amines) is 1. The molecule has 0 bridgehead atoms. The molecule has 0 aromatic heterocycles. The van der Waals surface area contributed by atoms with Crippen molar-refractivity contribution in [3.8, 4) is 0 Å². The lowest BCUT2D eigenvalue weighted by atomic mass is 9.95. The molecule has 1 heterocycles. The SMILES string of the molecule is CCN(CC)c1ccc(C2/C(=C(/O)c3ccccc3)C(=O)C(=O)N2CCOC)cc1. The van der Waals surface area contributed by atoms with E-state index in [0.717, 1.165) is 24.3 Å². The lowest BCUT2D eigenvalue weighted by Crippen LogP contribution is -2.32. The maximum atomic E-state index is 12.9. The number of carbonyl (C=O) groups is 2. The number of aliphatic hydroxyl groups excluding tert-OH is 1. The highest BCUT2D eigenvalue weighted by Gasteiger charge is 2.45. The molecule has 30 heavy (non-hydrogen) atoms. The quantitative estimate of drug-likeness (QED) is 0.411. The summed E-state index contributed by atoms with van der Waals surface area (Å²) in [5.41, 5.74) is 2.46. The second kappa shape index (κ2) is 9.59. The van der Waals surface area contributed by atoms with Crippen LogP contribution >= 0.6 is 0 Å². The number of aliphatic hydroxyl groups is 1. The second-order valence-corrected chi connectivity index (χ2v) is 7.12. The van der Waals surface area contributed by atoms with Gasteiger partial charge in [-0.1, -0.05) is 42.5 Å². The van der Waals surface area contributed by atoms with E-state index in [1.165, 1.54) is 4.90 Å². The van der Waals surface area contributed by atoms with Gasteiger partial charge in [-0.05, 0) is 31.5 Å². The molecule has 1 unspecified atom stereocenters. The summed E-state index contributed by atoms with van der Waals surface area (Å²) >= 11 is 0. The average molecular weight is 408 g/mol. The predicted molar refractivity (Wildman–Crippen MR) is 117 cm³/mol. The Morgan fingerprint density at radius 3 is 2.23 bits per heavy atom. The minimum Gasteiger partial charge on any atom is -0.507 e. The first-order valence-corrected chi connectivity index (χ1v) is 10.2. The molecule has 1 saturated heterocycles. The van der Waals surface area contributed by atoms with Gasteiger partial charge in [-0.3, -0.25) is 9.59 Å². The van der Waals surface area contributed by atoms with Crippen molar-refractivity contribution in [2.75, 3.05) is 38.3 Å². The molecule has 1 N–H and O–H groups in total. The van der Waals surface area contributed by atoms with Gasteiger partial charge in [0.05, 0.1) is 18.2 Å². The number of ether oxygens (including phenoxy) is 1. The van der Waals surface area contributed by atoms with E-state index in [1.54, 1.807) is 31.4 Å². The van der Waals surface area contributed by atoms with Gasteiger partial charge in [0.15, 0.2) is 0 Å². The number of hydrogen-bond acceptors (Lipinski definition) is 5. The van der Waals surface area contributed by atoms with Crippen molar-refractivity contribution < 1.29 is 19.4 Å². The molecule has 1 amide bonds. The van der Waals surface area contributed by atoms with Crippen LogP contribution < -0.4 is 4.90 Å². The van der Waals surface area contributed by atoms with Crippen molar-refractivity contribution in [2.45, 2.75) is 19.9 Å². The van der Waals surface area contributed by atoms with E-state index in [2.05, 4.69) is 18.7 Å². The fourth-order valence-electron chi connectivity index (χ4n) is 3.85. The van der Waals surface area contributed by atoms with E-state index in [9.17, 15) is 14.7 Å². The van der Waals surface area contributed by atoms with Gasteiger partial charge in [0.2, 0.25) is 0 Å². The number of methoxy groups -OCH3 is 1. The van der Waals surface area contributed by atoms with E-state index in [1.807, 2.05) is 30.3 Å². The van der Waals surface area contributed by atoms with Crippen LogP contribution in [0, 0.1) is 0 Å². The van der Waals surface area contributed by atoms with Crippen LogP contribution in [-0.4, -0.2) is 55.0 Å². The highest BCUT2D eigenvalue weighted by atomic mass is 16.5. The minimum atomic E-state index is -0.676. The van der Waals surface area contributed by atoms with Crippen molar-refractivity contribution in [3.05, 3.63) is 71.3 Å². The van der Waals surface area contributed by atoms with Crippen molar-refractivity contribution >= 4 is 23.1 Å². The molecule has 2 aromatic carbocycles. The van der Waals surface area contributed by atoms with Crippen LogP contribution in [0.4, 0.5) is 5.69 Å². The zero-order valence-corrected chi connectivity index (χ0v) is 17.7. The van der Waals surface area contributed by atoms with Gasteiger partial charge < -0.3 is 19.6 Å². The zero-order valence-electron chi connectivity index (χ0n) is 17.7. The molecule has 158 valence electrons. The predicted octanol–water partition coefficient (Wildman–Crippen LogP) is 3.60. The number of anilines is 1. The number of ketones is 1. The molecule has 1 fully saturated rings. The zero-order chi connectivity index (χ0) is 21.7. The molecule has 3 rings (SSSR count). The summed E-state index contributed by atoms with van der Waals surface area (Å²) in [5.74, 6) is -1.46. The van der Waals surface area contributed by atoms with Gasteiger partial charge in [0, 0.05) is 38.0 Å². The van der Waals surface area contributed by atoms with Crippen molar-refractivity contribution in [3.63, 3.8) is 0 Å². The largest absolute Gasteiger partial charge is 0.507 e. The third kappa shape index (κ3) is 4.09. The number of Topliss-reactive ketones (excluding diaryl/α,β-unsaturated/α-hetero) is 1. The summed E-state index contributed by atoms with van der Waals surface area (Å²) in [6.45, 7) is 6.52. The second-order valence-electron chi connectivity index (χ2n) is 7.12. The Morgan fingerprint density at radius 2 is 1.67 bits per heavy atom. The third-order valence-corrected chi connectivity index (χ3v) is 5.46. The molecule has 1 aliphatic heterocycles. The fraction of sp³-hybridized carbons (Fsp3) is 0.333. The van der Waals surface area contributed by atoms with E-state index in [0.29, 0.717) is 12.2 Å². The maximum absolute atomic E-state index is 12.9. The Kier molecular flexibility index (Phi) is 6.90. The van der Waals surface area contributed by atoms with Crippen LogP contribution in [-0.2, 0) is 14.3 Å². The van der Waals surface area contributed by atoms with E-state index < -0.39 is 17.7 Å². The van der Waals surface area contributed by atoms with Gasteiger partial charge in [-0.25, -0.2) is 0 Å². The van der Waals surface area contributed by atoms with Crippen LogP contribution in [0.1, 0.15) is 31.0 Å². The summed E-state index contributed by atoms with van der Waals surface area (Å²) in [6, 6.07) is 16.0. The number of carbonyl (C=O) groups excluding carboxylic acids is 2. The summed E-state index contributed by atoms with van der Waals surface area (Å²) < 4.78 is 5.14. The number of amides is 1. The molecule has 0 saturated carbocycles. The first kappa shape index (κ1) is 21.6. The third-order valence-electron chi connectivity index (χ3n) is 5.46. The number of benzene rings is 2. The topological polar surface area (TPSA) is 70.1 Å². The monoisotopic (exact) mass is 408 g/mol. The number of hydrogen-bond donors (Lipinski definition) is 1. The van der Waals surface area contributed by atoms with E-state index in [-0.39, 0.29) is 17.9 Å². The summed E-state index contributed by atoms with van der Waals surface area (Å²) in [7, 11) is 1.55. The van der Waals surface area contributed by atoms with Crippen LogP contribution in [0.3, 0.4) is 0 Å². The molecular formula is C24H28N2O4. The highest BCUT2D eigenvalue weighted by Crippen LogP contribution is 2.39. The van der Waals surface area contributed by atoms with Crippen molar-refractivity contribution in [1.82, 2.24) is 4.90 Å². The number of nitrogens with zero attached hydrogens (tertiary/aromatic N) is 2. The number of rotatable bonds is 8. The van der Waals surface area contributed by atoms with Crippen LogP contribution in [0.25, 0.3) is 5.76 Å².